The Bertz CT molecular complexity index is 464. The summed E-state index contributed by atoms with van der Waals surface area (Å²) in [6.45, 7) is 3.04. The lowest BCUT2D eigenvalue weighted by molar-refractivity contribution is -0.122. The average Bonchev–Trinajstić information content (AvgIpc) is 3.15. The van der Waals surface area contributed by atoms with Gasteiger partial charge in [-0.05, 0) is 64.0 Å². The van der Waals surface area contributed by atoms with Crippen molar-refractivity contribution >= 4 is 12.6 Å². The number of rotatable bonds is 2. The van der Waals surface area contributed by atoms with Crippen molar-refractivity contribution in [2.24, 2.45) is 5.41 Å². The van der Waals surface area contributed by atoms with Gasteiger partial charge in [-0.3, -0.25) is 4.79 Å². The molecule has 2 heterocycles. The predicted molar refractivity (Wildman–Crippen MR) is 86.8 cm³/mol. The Balaban J connectivity index is 0.000000526. The topological polar surface area (TPSA) is 91.4 Å². The normalized spacial score (nSPS) is 40.4. The fraction of sp³-hybridized carbons (Fsp3) is 0.882. The van der Waals surface area contributed by atoms with Crippen molar-refractivity contribution in [1.29, 1.82) is 0 Å². The Kier molecular flexibility index (Phi) is 5.01. The molecule has 0 radical (unpaired) electrons. The maximum atomic E-state index is 12.0. The van der Waals surface area contributed by atoms with E-state index in [0.717, 1.165) is 45.1 Å². The molecule has 2 spiro atoms. The first-order valence-corrected chi connectivity index (χ1v) is 8.86. The zero-order chi connectivity index (χ0) is 17.2. The molecule has 7 nitrogen and oxygen atoms in total. The van der Waals surface area contributed by atoms with Gasteiger partial charge in [0.2, 0.25) is 0 Å². The van der Waals surface area contributed by atoms with Crippen molar-refractivity contribution < 1.29 is 24.2 Å². The average molecular weight is 340 g/mol. The molecule has 24 heavy (non-hydrogen) atoms. The van der Waals surface area contributed by atoms with Crippen LogP contribution in [0.4, 0.5) is 4.79 Å². The Morgan fingerprint density at radius 1 is 1.33 bits per heavy atom. The molecule has 0 unspecified atom stereocenters. The van der Waals surface area contributed by atoms with Crippen LogP contribution >= 0.6 is 0 Å². The van der Waals surface area contributed by atoms with Gasteiger partial charge in [-0.2, -0.15) is 0 Å². The van der Waals surface area contributed by atoms with Crippen LogP contribution in [0.25, 0.3) is 0 Å². The van der Waals surface area contributed by atoms with Gasteiger partial charge < -0.3 is 24.8 Å². The number of nitrogens with zero attached hydrogens (tertiary/aromatic N) is 1. The van der Waals surface area contributed by atoms with Crippen LogP contribution in [0, 0.1) is 5.41 Å². The van der Waals surface area contributed by atoms with E-state index in [1.165, 1.54) is 19.5 Å². The summed E-state index contributed by atoms with van der Waals surface area (Å²) < 4.78 is 11.1. The number of hydrogen-bond acceptors (Lipinski definition) is 5. The summed E-state index contributed by atoms with van der Waals surface area (Å²) in [5.74, 6) is 0. The van der Waals surface area contributed by atoms with Gasteiger partial charge in [-0.1, -0.05) is 0 Å². The van der Waals surface area contributed by atoms with Crippen molar-refractivity contribution in [3.8, 4) is 0 Å². The van der Waals surface area contributed by atoms with Crippen LogP contribution in [0.1, 0.15) is 44.9 Å². The van der Waals surface area contributed by atoms with E-state index in [2.05, 4.69) is 17.3 Å². The van der Waals surface area contributed by atoms with Crippen LogP contribution in [0.15, 0.2) is 0 Å². The van der Waals surface area contributed by atoms with Crippen molar-refractivity contribution in [2.75, 3.05) is 26.7 Å². The third kappa shape index (κ3) is 4.00. The fourth-order valence-electron chi connectivity index (χ4n) is 4.56. The first kappa shape index (κ1) is 17.5. The van der Waals surface area contributed by atoms with E-state index >= 15 is 0 Å². The minimum absolute atomic E-state index is 0.0893. The number of amides is 1. The zero-order valence-corrected chi connectivity index (χ0v) is 14.3. The SMILES string of the molecule is CN1CCC2(CC(NC(=O)OC3CCC4(CC3)CO4)C2)C1.O=CO. The molecule has 4 rings (SSSR count). The number of likely N-dealkylation sites (tertiary alicyclic amines) is 1. The van der Waals surface area contributed by atoms with Crippen molar-refractivity contribution in [2.45, 2.75) is 62.7 Å². The molecule has 0 aromatic rings. The summed E-state index contributed by atoms with van der Waals surface area (Å²) in [6, 6.07) is 0.325. The standard InChI is InChI=1S/C16H26N2O3.CH2O2/c1-18-7-6-15(10-18)8-12(9-15)17-14(19)21-13-2-4-16(5-3-13)11-20-16;2-1-3/h12-13H,2-11H2,1H3,(H,17,19);1H,(H,2,3). The predicted octanol–water partition coefficient (Wildman–Crippen LogP) is 1.61. The van der Waals surface area contributed by atoms with Gasteiger partial charge in [0.15, 0.2) is 0 Å². The van der Waals surface area contributed by atoms with Gasteiger partial charge in [0.1, 0.15) is 6.10 Å². The molecule has 1 amide bonds. The molecule has 2 aliphatic heterocycles. The van der Waals surface area contributed by atoms with Gasteiger partial charge >= 0.3 is 6.09 Å². The molecule has 0 bridgehead atoms. The molecule has 0 aromatic carbocycles. The van der Waals surface area contributed by atoms with E-state index in [4.69, 9.17) is 19.4 Å². The third-order valence-electron chi connectivity index (χ3n) is 5.98. The van der Waals surface area contributed by atoms with Gasteiger partial charge in [0.25, 0.3) is 6.47 Å². The number of ether oxygens (including phenoxy) is 2. The smallest absolute Gasteiger partial charge is 0.407 e. The Morgan fingerprint density at radius 2 is 1.96 bits per heavy atom. The molecule has 136 valence electrons. The Hall–Kier alpha value is -1.34. The molecule has 2 saturated carbocycles. The van der Waals surface area contributed by atoms with Crippen LogP contribution < -0.4 is 5.32 Å². The lowest BCUT2D eigenvalue weighted by atomic mass is 9.65. The maximum Gasteiger partial charge on any atom is 0.407 e. The summed E-state index contributed by atoms with van der Waals surface area (Å²) >= 11 is 0. The van der Waals surface area contributed by atoms with E-state index < -0.39 is 0 Å². The first-order valence-electron chi connectivity index (χ1n) is 8.86. The van der Waals surface area contributed by atoms with Gasteiger partial charge in [0, 0.05) is 12.6 Å². The second kappa shape index (κ2) is 6.88. The van der Waals surface area contributed by atoms with Crippen LogP contribution in [0.3, 0.4) is 0 Å². The summed E-state index contributed by atoms with van der Waals surface area (Å²) in [6.07, 6.45) is 7.39. The number of carbonyl (C=O) groups excluding carboxylic acids is 1. The minimum Gasteiger partial charge on any atom is -0.483 e. The molecule has 4 aliphatic rings. The number of nitrogens with one attached hydrogen (secondary N) is 1. The molecule has 0 aromatic heterocycles. The lowest BCUT2D eigenvalue weighted by Crippen LogP contribution is -2.52. The molecule has 2 aliphatic carbocycles. The summed E-state index contributed by atoms with van der Waals surface area (Å²) in [7, 11) is 2.18. The quantitative estimate of drug-likeness (QED) is 0.586. The summed E-state index contributed by atoms with van der Waals surface area (Å²) in [5, 5.41) is 9.94. The molecule has 2 saturated heterocycles. The Labute approximate surface area is 142 Å². The van der Waals surface area contributed by atoms with Gasteiger partial charge in [0.05, 0.1) is 12.2 Å². The van der Waals surface area contributed by atoms with Crippen molar-refractivity contribution in [3.05, 3.63) is 0 Å². The fourth-order valence-corrected chi connectivity index (χ4v) is 4.56. The molecular formula is C17H28N2O5. The number of carboxylic acid groups (broad SMARTS) is 1. The second-order valence-electron chi connectivity index (χ2n) is 7.92. The summed E-state index contributed by atoms with van der Waals surface area (Å²) in [4.78, 5) is 22.7. The third-order valence-corrected chi connectivity index (χ3v) is 5.98. The highest BCUT2D eigenvalue weighted by Crippen LogP contribution is 2.48. The van der Waals surface area contributed by atoms with Gasteiger partial charge in [-0.15, -0.1) is 0 Å². The molecule has 7 heteroatoms. The highest BCUT2D eigenvalue weighted by atomic mass is 16.6. The number of carbonyl (C=O) groups is 2. The largest absolute Gasteiger partial charge is 0.483 e. The van der Waals surface area contributed by atoms with E-state index in [1.54, 1.807) is 0 Å². The van der Waals surface area contributed by atoms with E-state index in [0.29, 0.717) is 11.5 Å². The summed E-state index contributed by atoms with van der Waals surface area (Å²) in [5.41, 5.74) is 0.651. The monoisotopic (exact) mass is 340 g/mol. The van der Waals surface area contributed by atoms with E-state index in [1.807, 2.05) is 0 Å². The minimum atomic E-state index is -0.250. The van der Waals surface area contributed by atoms with Crippen molar-refractivity contribution in [1.82, 2.24) is 10.2 Å². The maximum absolute atomic E-state index is 12.0. The Morgan fingerprint density at radius 3 is 2.46 bits per heavy atom. The second-order valence-corrected chi connectivity index (χ2v) is 7.92. The lowest BCUT2D eigenvalue weighted by Gasteiger charge is -2.45. The van der Waals surface area contributed by atoms with Crippen LogP contribution in [-0.2, 0) is 14.3 Å². The molecule has 2 N–H and O–H groups in total. The van der Waals surface area contributed by atoms with E-state index in [-0.39, 0.29) is 24.3 Å². The number of alkyl carbamates (subject to hydrolysis) is 1. The molecule has 4 fully saturated rings. The zero-order valence-electron chi connectivity index (χ0n) is 14.3. The van der Waals surface area contributed by atoms with E-state index in [9.17, 15) is 4.79 Å². The number of hydrogen-bond donors (Lipinski definition) is 2. The highest BCUT2D eigenvalue weighted by molar-refractivity contribution is 5.68. The van der Waals surface area contributed by atoms with Crippen LogP contribution in [-0.4, -0.2) is 67.1 Å². The molecular weight excluding hydrogens is 312 g/mol. The highest BCUT2D eigenvalue weighted by Gasteiger charge is 2.49. The van der Waals surface area contributed by atoms with Crippen LogP contribution in [0.5, 0.6) is 0 Å². The number of epoxide rings is 1. The van der Waals surface area contributed by atoms with Gasteiger partial charge in [-0.25, -0.2) is 4.79 Å². The first-order chi connectivity index (χ1) is 11.5. The van der Waals surface area contributed by atoms with Crippen LogP contribution in [0.2, 0.25) is 0 Å². The molecule has 0 atom stereocenters. The van der Waals surface area contributed by atoms with Crippen molar-refractivity contribution in [3.63, 3.8) is 0 Å².